The first-order valence-corrected chi connectivity index (χ1v) is 7.95. The molecule has 1 aromatic heterocycles. The van der Waals surface area contributed by atoms with Gasteiger partial charge < -0.3 is 16.4 Å². The average molecular weight is 290 g/mol. The van der Waals surface area contributed by atoms with Crippen LogP contribution in [0.5, 0.6) is 0 Å². The molecular formula is C16H26N4O. The van der Waals surface area contributed by atoms with Crippen LogP contribution in [0.2, 0.25) is 0 Å². The number of hydrogen-bond acceptors (Lipinski definition) is 4. The second-order valence-corrected chi connectivity index (χ2v) is 5.74. The molecule has 5 heteroatoms. The van der Waals surface area contributed by atoms with E-state index in [1.54, 1.807) is 6.20 Å². The number of anilines is 1. The number of primary amides is 1. The van der Waals surface area contributed by atoms with Gasteiger partial charge >= 0.3 is 0 Å². The van der Waals surface area contributed by atoms with E-state index in [4.69, 9.17) is 11.5 Å². The maximum absolute atomic E-state index is 11.3. The molecule has 0 saturated heterocycles. The molecular weight excluding hydrogens is 264 g/mol. The minimum atomic E-state index is -0.475. The minimum absolute atomic E-state index is 0.332. The highest BCUT2D eigenvalue weighted by Crippen LogP contribution is 2.27. The number of carbonyl (C=O) groups is 1. The van der Waals surface area contributed by atoms with Gasteiger partial charge in [-0.2, -0.15) is 0 Å². The van der Waals surface area contributed by atoms with Crippen molar-refractivity contribution in [3.05, 3.63) is 24.0 Å². The highest BCUT2D eigenvalue weighted by atomic mass is 16.1. The fourth-order valence-electron chi connectivity index (χ4n) is 3.09. The predicted molar refractivity (Wildman–Crippen MR) is 85.3 cm³/mol. The number of carbonyl (C=O) groups excluding carboxylic acids is 1. The number of amides is 1. The second kappa shape index (κ2) is 7.98. The summed E-state index contributed by atoms with van der Waals surface area (Å²) in [6, 6.07) is 4.31. The first kappa shape index (κ1) is 15.8. The monoisotopic (exact) mass is 290 g/mol. The molecule has 1 saturated carbocycles. The minimum Gasteiger partial charge on any atom is -0.368 e. The summed E-state index contributed by atoms with van der Waals surface area (Å²) in [4.78, 5) is 17.8. The van der Waals surface area contributed by atoms with Crippen molar-refractivity contribution in [3.8, 4) is 0 Å². The summed E-state index contributed by atoms with van der Waals surface area (Å²) in [5, 5.41) is 0. The lowest BCUT2D eigenvalue weighted by molar-refractivity contribution is 0.0995. The third kappa shape index (κ3) is 4.43. The van der Waals surface area contributed by atoms with Gasteiger partial charge in [-0.1, -0.05) is 25.7 Å². The van der Waals surface area contributed by atoms with E-state index in [9.17, 15) is 4.79 Å². The predicted octanol–water partition coefficient (Wildman–Crippen LogP) is 2.06. The van der Waals surface area contributed by atoms with Gasteiger partial charge in [0.05, 0.1) is 0 Å². The van der Waals surface area contributed by atoms with Crippen molar-refractivity contribution < 1.29 is 4.79 Å². The smallest absolute Gasteiger partial charge is 0.267 e. The Morgan fingerprint density at radius 2 is 2.00 bits per heavy atom. The van der Waals surface area contributed by atoms with Gasteiger partial charge in [0.15, 0.2) is 0 Å². The molecule has 2 rings (SSSR count). The zero-order valence-corrected chi connectivity index (χ0v) is 12.6. The van der Waals surface area contributed by atoms with Crippen molar-refractivity contribution in [2.24, 2.45) is 11.5 Å². The molecule has 1 heterocycles. The highest BCUT2D eigenvalue weighted by Gasteiger charge is 2.21. The van der Waals surface area contributed by atoms with Gasteiger partial charge in [-0.25, -0.2) is 0 Å². The Morgan fingerprint density at radius 1 is 1.29 bits per heavy atom. The van der Waals surface area contributed by atoms with Crippen molar-refractivity contribution in [2.45, 2.75) is 51.0 Å². The fourth-order valence-corrected chi connectivity index (χ4v) is 3.09. The molecule has 4 N–H and O–H groups in total. The van der Waals surface area contributed by atoms with Crippen molar-refractivity contribution in [1.82, 2.24) is 4.98 Å². The third-order valence-electron chi connectivity index (χ3n) is 4.20. The van der Waals surface area contributed by atoms with Crippen LogP contribution in [0.15, 0.2) is 18.3 Å². The Hall–Kier alpha value is -1.62. The molecule has 1 aliphatic rings. The number of rotatable bonds is 6. The van der Waals surface area contributed by atoms with E-state index in [2.05, 4.69) is 9.88 Å². The third-order valence-corrected chi connectivity index (χ3v) is 4.20. The van der Waals surface area contributed by atoms with Crippen LogP contribution >= 0.6 is 0 Å². The zero-order chi connectivity index (χ0) is 15.1. The van der Waals surface area contributed by atoms with Crippen LogP contribution in [0.3, 0.4) is 0 Å². The Bertz CT molecular complexity index is 455. The zero-order valence-electron chi connectivity index (χ0n) is 12.6. The number of nitrogens with zero attached hydrogens (tertiary/aromatic N) is 2. The Labute approximate surface area is 126 Å². The van der Waals surface area contributed by atoms with E-state index in [0.29, 0.717) is 18.3 Å². The molecule has 21 heavy (non-hydrogen) atoms. The van der Waals surface area contributed by atoms with Gasteiger partial charge in [-0.05, 0) is 37.9 Å². The van der Waals surface area contributed by atoms with Gasteiger partial charge in [0, 0.05) is 24.5 Å². The summed E-state index contributed by atoms with van der Waals surface area (Å²) in [5.74, 6) is -0.475. The number of pyridine rings is 1. The topological polar surface area (TPSA) is 85.2 Å². The standard InChI is InChI=1S/C16H26N4O/c17-9-5-11-20(13-6-3-1-2-4-7-13)14-8-10-19-15(12-14)16(18)21/h8,10,12-13H,1-7,9,11,17H2,(H2,18,21). The van der Waals surface area contributed by atoms with Crippen LogP contribution in [-0.4, -0.2) is 30.0 Å². The molecule has 1 amide bonds. The molecule has 0 aliphatic heterocycles. The van der Waals surface area contributed by atoms with Crippen molar-refractivity contribution in [2.75, 3.05) is 18.0 Å². The first-order valence-electron chi connectivity index (χ1n) is 7.95. The van der Waals surface area contributed by atoms with Crippen LogP contribution in [0.1, 0.15) is 55.4 Å². The summed E-state index contributed by atoms with van der Waals surface area (Å²) in [7, 11) is 0. The summed E-state index contributed by atoms with van der Waals surface area (Å²) >= 11 is 0. The van der Waals surface area contributed by atoms with Gasteiger partial charge in [0.1, 0.15) is 5.69 Å². The van der Waals surface area contributed by atoms with Gasteiger partial charge in [0.25, 0.3) is 5.91 Å². The fraction of sp³-hybridized carbons (Fsp3) is 0.625. The van der Waals surface area contributed by atoms with Crippen LogP contribution in [0, 0.1) is 0 Å². The molecule has 1 aliphatic carbocycles. The lowest BCUT2D eigenvalue weighted by Gasteiger charge is -2.33. The summed E-state index contributed by atoms with van der Waals surface area (Å²) < 4.78 is 0. The molecule has 0 spiro atoms. The van der Waals surface area contributed by atoms with E-state index in [-0.39, 0.29) is 0 Å². The normalized spacial score (nSPS) is 16.4. The van der Waals surface area contributed by atoms with Gasteiger partial charge in [0.2, 0.25) is 0 Å². The molecule has 0 atom stereocenters. The van der Waals surface area contributed by atoms with Crippen LogP contribution in [-0.2, 0) is 0 Å². The van der Waals surface area contributed by atoms with Crippen LogP contribution < -0.4 is 16.4 Å². The van der Waals surface area contributed by atoms with Crippen LogP contribution in [0.4, 0.5) is 5.69 Å². The number of nitrogens with two attached hydrogens (primary N) is 2. The Kier molecular flexibility index (Phi) is 5.99. The van der Waals surface area contributed by atoms with E-state index < -0.39 is 5.91 Å². The molecule has 0 radical (unpaired) electrons. The van der Waals surface area contributed by atoms with E-state index >= 15 is 0 Å². The van der Waals surface area contributed by atoms with E-state index in [1.807, 2.05) is 12.1 Å². The first-order chi connectivity index (χ1) is 10.2. The molecule has 1 aromatic rings. The Balaban J connectivity index is 2.21. The van der Waals surface area contributed by atoms with Crippen molar-refractivity contribution in [1.29, 1.82) is 0 Å². The maximum Gasteiger partial charge on any atom is 0.267 e. The molecule has 0 unspecified atom stereocenters. The van der Waals surface area contributed by atoms with Crippen LogP contribution in [0.25, 0.3) is 0 Å². The Morgan fingerprint density at radius 3 is 2.62 bits per heavy atom. The van der Waals surface area contributed by atoms with Gasteiger partial charge in [-0.15, -0.1) is 0 Å². The van der Waals surface area contributed by atoms with E-state index in [0.717, 1.165) is 18.7 Å². The molecule has 5 nitrogen and oxygen atoms in total. The highest BCUT2D eigenvalue weighted by molar-refractivity contribution is 5.91. The molecule has 1 fully saturated rings. The van der Waals surface area contributed by atoms with Crippen molar-refractivity contribution >= 4 is 11.6 Å². The summed E-state index contributed by atoms with van der Waals surface area (Å²) in [6.45, 7) is 1.60. The lowest BCUT2D eigenvalue weighted by atomic mass is 10.1. The number of hydrogen-bond donors (Lipinski definition) is 2. The quantitative estimate of drug-likeness (QED) is 0.785. The van der Waals surface area contributed by atoms with Gasteiger partial charge in [-0.3, -0.25) is 9.78 Å². The maximum atomic E-state index is 11.3. The largest absolute Gasteiger partial charge is 0.368 e. The molecule has 0 bridgehead atoms. The van der Waals surface area contributed by atoms with E-state index in [1.165, 1.54) is 38.5 Å². The summed E-state index contributed by atoms with van der Waals surface area (Å²) in [5.41, 5.74) is 12.4. The number of aromatic nitrogens is 1. The molecule has 116 valence electrons. The SMILES string of the molecule is NCCCN(c1ccnc(C(N)=O)c1)C1CCCCCC1. The lowest BCUT2D eigenvalue weighted by Crippen LogP contribution is -2.37. The molecule has 0 aromatic carbocycles. The summed E-state index contributed by atoms with van der Waals surface area (Å²) in [6.07, 6.45) is 10.2. The average Bonchev–Trinajstić information content (AvgIpc) is 2.77. The van der Waals surface area contributed by atoms with Crippen molar-refractivity contribution in [3.63, 3.8) is 0 Å². The second-order valence-electron chi connectivity index (χ2n) is 5.74.